The van der Waals surface area contributed by atoms with Gasteiger partial charge in [-0.3, -0.25) is 0 Å². The number of aryl methyl sites for hydroxylation is 1. The van der Waals surface area contributed by atoms with Gasteiger partial charge in [0.1, 0.15) is 11.4 Å². The summed E-state index contributed by atoms with van der Waals surface area (Å²) in [6.45, 7) is 1.76. The van der Waals surface area contributed by atoms with E-state index < -0.39 is 5.97 Å². The number of aromatic hydroxyl groups is 1. The molecule has 0 aliphatic rings. The van der Waals surface area contributed by atoms with Crippen LogP contribution in [0.4, 0.5) is 0 Å². The van der Waals surface area contributed by atoms with Crippen molar-refractivity contribution in [1.82, 2.24) is 5.16 Å². The Hall–Kier alpha value is -1.82. The van der Waals surface area contributed by atoms with Crippen molar-refractivity contribution in [2.75, 3.05) is 0 Å². The Morgan fingerprint density at radius 1 is 1.47 bits per heavy atom. The van der Waals surface area contributed by atoms with E-state index in [1.165, 1.54) is 6.07 Å². The molecule has 1 heterocycles. The van der Waals surface area contributed by atoms with Gasteiger partial charge in [-0.2, -0.15) is 0 Å². The number of halogens is 1. The predicted molar refractivity (Wildman–Crippen MR) is 63.0 cm³/mol. The summed E-state index contributed by atoms with van der Waals surface area (Å²) < 4.78 is 5.11. The molecule has 2 rings (SSSR count). The van der Waals surface area contributed by atoms with E-state index in [1.807, 2.05) is 0 Å². The summed E-state index contributed by atoms with van der Waals surface area (Å²) >= 11 is 3.23. The summed E-state index contributed by atoms with van der Waals surface area (Å²) in [7, 11) is 0. The van der Waals surface area contributed by atoms with Crippen LogP contribution in [0, 0.1) is 6.92 Å². The summed E-state index contributed by atoms with van der Waals surface area (Å²) in [4.78, 5) is 10.7. The maximum atomic E-state index is 10.7. The van der Waals surface area contributed by atoms with Crippen molar-refractivity contribution < 1.29 is 19.5 Å². The number of phenols is 1. The second-order valence-electron chi connectivity index (χ2n) is 3.47. The molecule has 0 fully saturated rings. The number of carbonyl (C=O) groups is 1. The Kier molecular flexibility index (Phi) is 2.89. The van der Waals surface area contributed by atoms with Crippen LogP contribution in [-0.4, -0.2) is 21.3 Å². The van der Waals surface area contributed by atoms with Crippen molar-refractivity contribution in [2.45, 2.75) is 6.92 Å². The normalized spacial score (nSPS) is 10.5. The molecule has 2 aromatic rings. The Morgan fingerprint density at radius 2 is 2.18 bits per heavy atom. The fourth-order valence-electron chi connectivity index (χ4n) is 1.36. The maximum Gasteiger partial charge on any atom is 0.374 e. The number of phenolic OH excluding ortho intramolecular Hbond substituents is 1. The predicted octanol–water partition coefficient (Wildman–Crippen LogP) is 2.82. The van der Waals surface area contributed by atoms with E-state index in [-0.39, 0.29) is 11.5 Å². The van der Waals surface area contributed by atoms with Gasteiger partial charge in [-0.25, -0.2) is 4.79 Å². The SMILES string of the molecule is Cc1ccc(-c2cc(C(=O)O)on2)c(Br)c1O. The molecule has 1 aromatic heterocycles. The minimum atomic E-state index is -1.18. The highest BCUT2D eigenvalue weighted by Gasteiger charge is 2.16. The summed E-state index contributed by atoms with van der Waals surface area (Å²) in [6, 6.07) is 4.74. The van der Waals surface area contributed by atoms with Gasteiger partial charge in [0.05, 0.1) is 4.47 Å². The third kappa shape index (κ3) is 2.03. The van der Waals surface area contributed by atoms with Crippen molar-refractivity contribution >= 4 is 21.9 Å². The van der Waals surface area contributed by atoms with Crippen LogP contribution in [0.1, 0.15) is 16.1 Å². The molecule has 2 N–H and O–H groups in total. The van der Waals surface area contributed by atoms with Crippen LogP contribution in [-0.2, 0) is 0 Å². The van der Waals surface area contributed by atoms with Crippen LogP contribution in [0.15, 0.2) is 27.2 Å². The number of rotatable bonds is 2. The average molecular weight is 298 g/mol. The zero-order valence-electron chi connectivity index (χ0n) is 8.77. The lowest BCUT2D eigenvalue weighted by Gasteiger charge is -2.05. The molecule has 0 spiro atoms. The van der Waals surface area contributed by atoms with Gasteiger partial charge in [0, 0.05) is 11.6 Å². The van der Waals surface area contributed by atoms with E-state index >= 15 is 0 Å². The van der Waals surface area contributed by atoms with E-state index in [4.69, 9.17) is 5.11 Å². The molecule has 1 aromatic carbocycles. The van der Waals surface area contributed by atoms with Gasteiger partial charge in [0.2, 0.25) is 5.76 Å². The van der Waals surface area contributed by atoms with Crippen molar-refractivity contribution in [2.24, 2.45) is 0 Å². The molecule has 0 aliphatic heterocycles. The van der Waals surface area contributed by atoms with Crippen molar-refractivity contribution in [3.05, 3.63) is 34.0 Å². The number of aromatic carboxylic acids is 1. The smallest absolute Gasteiger partial charge is 0.374 e. The second kappa shape index (κ2) is 4.21. The molecule has 17 heavy (non-hydrogen) atoms. The van der Waals surface area contributed by atoms with Gasteiger partial charge < -0.3 is 14.7 Å². The lowest BCUT2D eigenvalue weighted by molar-refractivity contribution is 0.0652. The first-order valence-electron chi connectivity index (χ1n) is 4.69. The lowest BCUT2D eigenvalue weighted by atomic mass is 10.1. The summed E-state index contributed by atoms with van der Waals surface area (Å²) in [5, 5.41) is 22.1. The van der Waals surface area contributed by atoms with Crippen molar-refractivity contribution in [3.63, 3.8) is 0 Å². The van der Waals surface area contributed by atoms with Gasteiger partial charge in [0.15, 0.2) is 0 Å². The Balaban J connectivity index is 2.53. The molecule has 0 saturated heterocycles. The fourth-order valence-corrected chi connectivity index (χ4v) is 2.01. The summed E-state index contributed by atoms with van der Waals surface area (Å²) in [6.07, 6.45) is 0. The minimum absolute atomic E-state index is 0.0994. The van der Waals surface area contributed by atoms with Gasteiger partial charge >= 0.3 is 5.97 Å². The standard InChI is InChI=1S/C11H8BrNO4/c1-5-2-3-6(9(12)10(5)14)7-4-8(11(15)16)17-13-7/h2-4,14H,1H3,(H,15,16). The fraction of sp³-hybridized carbons (Fsp3) is 0.0909. The molecular weight excluding hydrogens is 290 g/mol. The van der Waals surface area contributed by atoms with Gasteiger partial charge in [-0.15, -0.1) is 0 Å². The topological polar surface area (TPSA) is 83.6 Å². The monoisotopic (exact) mass is 297 g/mol. The highest BCUT2D eigenvalue weighted by molar-refractivity contribution is 9.10. The van der Waals surface area contributed by atoms with E-state index in [2.05, 4.69) is 25.6 Å². The highest BCUT2D eigenvalue weighted by Crippen LogP contribution is 2.36. The second-order valence-corrected chi connectivity index (χ2v) is 4.27. The van der Waals surface area contributed by atoms with E-state index in [1.54, 1.807) is 19.1 Å². The maximum absolute atomic E-state index is 10.7. The largest absolute Gasteiger partial charge is 0.506 e. The summed E-state index contributed by atoms with van der Waals surface area (Å²) in [5.41, 5.74) is 1.64. The average Bonchev–Trinajstić information content (AvgIpc) is 2.75. The third-order valence-corrected chi connectivity index (χ3v) is 3.12. The minimum Gasteiger partial charge on any atom is -0.506 e. The van der Waals surface area contributed by atoms with Crippen molar-refractivity contribution in [1.29, 1.82) is 0 Å². The van der Waals surface area contributed by atoms with Crippen LogP contribution < -0.4 is 0 Å². The van der Waals surface area contributed by atoms with Crippen LogP contribution in [0.5, 0.6) is 5.75 Å². The number of benzene rings is 1. The molecule has 0 bridgehead atoms. The molecule has 6 heteroatoms. The molecule has 0 saturated carbocycles. The number of nitrogens with zero attached hydrogens (tertiary/aromatic N) is 1. The quantitative estimate of drug-likeness (QED) is 0.890. The van der Waals surface area contributed by atoms with Gasteiger partial charge in [-0.05, 0) is 28.4 Å². The zero-order chi connectivity index (χ0) is 12.6. The molecular formula is C11H8BrNO4. The Labute approximate surface area is 105 Å². The van der Waals surface area contributed by atoms with Gasteiger partial charge in [0.25, 0.3) is 0 Å². The van der Waals surface area contributed by atoms with E-state index in [0.29, 0.717) is 21.3 Å². The molecule has 88 valence electrons. The number of carboxylic acids is 1. The van der Waals surface area contributed by atoms with Crippen LogP contribution in [0.25, 0.3) is 11.3 Å². The molecule has 5 nitrogen and oxygen atoms in total. The molecule has 0 radical (unpaired) electrons. The van der Waals surface area contributed by atoms with Crippen LogP contribution in [0.2, 0.25) is 0 Å². The van der Waals surface area contributed by atoms with Crippen LogP contribution in [0.3, 0.4) is 0 Å². The molecule has 0 atom stereocenters. The molecule has 0 unspecified atom stereocenters. The lowest BCUT2D eigenvalue weighted by Crippen LogP contribution is -1.91. The molecule has 0 aliphatic carbocycles. The highest BCUT2D eigenvalue weighted by atomic mass is 79.9. The Morgan fingerprint density at radius 3 is 2.76 bits per heavy atom. The van der Waals surface area contributed by atoms with E-state index in [9.17, 15) is 9.90 Å². The number of hydrogen-bond acceptors (Lipinski definition) is 4. The molecule has 0 amide bonds. The third-order valence-electron chi connectivity index (χ3n) is 2.31. The van der Waals surface area contributed by atoms with Crippen molar-refractivity contribution in [3.8, 4) is 17.0 Å². The first-order chi connectivity index (χ1) is 8.00. The number of aromatic nitrogens is 1. The van der Waals surface area contributed by atoms with Crippen LogP contribution >= 0.6 is 15.9 Å². The number of hydrogen-bond donors (Lipinski definition) is 2. The van der Waals surface area contributed by atoms with E-state index in [0.717, 1.165) is 0 Å². The first kappa shape index (κ1) is 11.7. The number of carboxylic acid groups (broad SMARTS) is 1. The van der Waals surface area contributed by atoms with Gasteiger partial charge in [-0.1, -0.05) is 17.3 Å². The zero-order valence-corrected chi connectivity index (χ0v) is 10.4. The summed E-state index contributed by atoms with van der Waals surface area (Å²) in [5.74, 6) is -1.33. The first-order valence-corrected chi connectivity index (χ1v) is 5.48. The Bertz CT molecular complexity index is 591.